The molecule has 314 valence electrons. The molecule has 2 aliphatic rings. The number of allylic oxidation sites excluding steroid dienone is 2. The quantitative estimate of drug-likeness (QED) is 0.166. The van der Waals surface area contributed by atoms with Crippen LogP contribution in [0.5, 0.6) is 5.75 Å². The Morgan fingerprint density at radius 1 is 0.388 bits per heavy atom. The number of hydrogen-bond acceptors (Lipinski definition) is 6. The highest BCUT2D eigenvalue weighted by atomic mass is 16.5. The maximum Gasteiger partial charge on any atom is 0.164 e. The first-order valence-electron chi connectivity index (χ1n) is 22.6. The van der Waals surface area contributed by atoms with Crippen molar-refractivity contribution in [3.8, 4) is 61.9 Å². The Hall–Kier alpha value is -8.87. The molecule has 0 saturated carbocycles. The molecule has 14 rings (SSSR count). The number of fused-ring (bicyclic) bond motifs is 10. The van der Waals surface area contributed by atoms with E-state index in [2.05, 4.69) is 176 Å². The second-order valence-electron chi connectivity index (χ2n) is 17.4. The van der Waals surface area contributed by atoms with Crippen LogP contribution in [0.2, 0.25) is 0 Å². The van der Waals surface area contributed by atoms with Crippen LogP contribution in [0.25, 0.3) is 116 Å². The maximum atomic E-state index is 6.66. The molecule has 1 aliphatic heterocycles. The molecule has 0 N–H and O–H groups in total. The van der Waals surface area contributed by atoms with E-state index in [1.165, 1.54) is 21.9 Å². The van der Waals surface area contributed by atoms with Crippen LogP contribution >= 0.6 is 0 Å². The lowest BCUT2D eigenvalue weighted by molar-refractivity contribution is 0.277. The van der Waals surface area contributed by atoms with Gasteiger partial charge in [-0.05, 0) is 86.6 Å². The number of ether oxygens (including phenoxy) is 1. The third kappa shape index (κ3) is 6.07. The monoisotopic (exact) mass is 859 g/mol. The number of hydrogen-bond donors (Lipinski definition) is 0. The summed E-state index contributed by atoms with van der Waals surface area (Å²) in [4.78, 5) is 15.7. The number of para-hydroxylation sites is 2. The van der Waals surface area contributed by atoms with Crippen LogP contribution in [0.3, 0.4) is 0 Å². The van der Waals surface area contributed by atoms with Gasteiger partial charge in [0.1, 0.15) is 34.2 Å². The van der Waals surface area contributed by atoms with Crippen LogP contribution in [-0.4, -0.2) is 21.1 Å². The van der Waals surface area contributed by atoms with E-state index in [4.69, 9.17) is 28.5 Å². The molecule has 0 saturated heterocycles. The molecule has 3 aromatic heterocycles. The van der Waals surface area contributed by atoms with Crippen LogP contribution in [0, 0.1) is 0 Å². The summed E-state index contributed by atoms with van der Waals surface area (Å²) in [6.45, 7) is 0. The van der Waals surface area contributed by atoms with E-state index in [0.29, 0.717) is 17.5 Å². The van der Waals surface area contributed by atoms with Crippen LogP contribution in [0.1, 0.15) is 17.3 Å². The number of rotatable bonds is 6. The van der Waals surface area contributed by atoms with Crippen LogP contribution in [-0.2, 0) is 0 Å². The fourth-order valence-corrected chi connectivity index (χ4v) is 10.4. The predicted octanol–water partition coefficient (Wildman–Crippen LogP) is 15.7. The molecule has 12 aromatic rings. The van der Waals surface area contributed by atoms with Crippen molar-refractivity contribution in [2.24, 2.45) is 0 Å². The van der Waals surface area contributed by atoms with Crippen LogP contribution in [0.4, 0.5) is 0 Å². The molecule has 0 bridgehead atoms. The van der Waals surface area contributed by atoms with Gasteiger partial charge in [0.05, 0.1) is 0 Å². The van der Waals surface area contributed by atoms with Crippen molar-refractivity contribution < 1.29 is 13.6 Å². The molecule has 0 spiro atoms. The van der Waals surface area contributed by atoms with Crippen LogP contribution in [0.15, 0.2) is 221 Å². The molecule has 0 fully saturated rings. The molecule has 0 amide bonds. The average molecular weight is 860 g/mol. The van der Waals surface area contributed by atoms with Crippen molar-refractivity contribution in [1.82, 2.24) is 15.0 Å². The third-order valence-corrected chi connectivity index (χ3v) is 13.5. The molecule has 6 nitrogen and oxygen atoms in total. The smallest absolute Gasteiger partial charge is 0.164 e. The van der Waals surface area contributed by atoms with Gasteiger partial charge in [0.15, 0.2) is 17.5 Å². The van der Waals surface area contributed by atoms with E-state index in [9.17, 15) is 0 Å². The van der Waals surface area contributed by atoms with Crippen molar-refractivity contribution in [1.29, 1.82) is 0 Å². The Balaban J connectivity index is 0.878. The van der Waals surface area contributed by atoms with E-state index in [0.717, 1.165) is 94.1 Å². The van der Waals surface area contributed by atoms with Gasteiger partial charge in [0.25, 0.3) is 0 Å². The Bertz CT molecular complexity index is 4040. The second kappa shape index (κ2) is 14.8. The minimum atomic E-state index is -0.259. The Morgan fingerprint density at radius 2 is 0.970 bits per heavy atom. The molecule has 4 heterocycles. The number of furan rings is 2. The molecule has 1 aliphatic carbocycles. The normalized spacial score (nSPS) is 15.3. The molecular formula is C61H37N3O3. The summed E-state index contributed by atoms with van der Waals surface area (Å²) in [7, 11) is 0. The molecule has 9 aromatic carbocycles. The lowest BCUT2D eigenvalue weighted by atomic mass is 9.87. The second-order valence-corrected chi connectivity index (χ2v) is 17.4. The van der Waals surface area contributed by atoms with E-state index in [1.54, 1.807) is 0 Å². The first-order valence-corrected chi connectivity index (χ1v) is 22.6. The molecule has 67 heavy (non-hydrogen) atoms. The van der Waals surface area contributed by atoms with Crippen molar-refractivity contribution in [2.45, 2.75) is 12.0 Å². The third-order valence-electron chi connectivity index (χ3n) is 13.5. The van der Waals surface area contributed by atoms with Gasteiger partial charge in [-0.3, -0.25) is 0 Å². The fourth-order valence-electron chi connectivity index (χ4n) is 10.4. The van der Waals surface area contributed by atoms with Gasteiger partial charge in [-0.2, -0.15) is 0 Å². The zero-order valence-electron chi connectivity index (χ0n) is 35.9. The summed E-state index contributed by atoms with van der Waals surface area (Å²) in [5.74, 6) is 2.71. The van der Waals surface area contributed by atoms with Gasteiger partial charge in [-0.1, -0.05) is 170 Å². The topological polar surface area (TPSA) is 74.2 Å². The van der Waals surface area contributed by atoms with Gasteiger partial charge in [0.2, 0.25) is 0 Å². The Labute approximate surface area is 384 Å². The van der Waals surface area contributed by atoms with Crippen molar-refractivity contribution >= 4 is 60.2 Å². The largest absolute Gasteiger partial charge is 0.484 e. The van der Waals surface area contributed by atoms with Crippen LogP contribution < -0.4 is 4.74 Å². The zero-order chi connectivity index (χ0) is 44.0. The number of aromatic nitrogens is 3. The van der Waals surface area contributed by atoms with Gasteiger partial charge in [0, 0.05) is 49.7 Å². The van der Waals surface area contributed by atoms with Gasteiger partial charge < -0.3 is 13.6 Å². The van der Waals surface area contributed by atoms with Crippen molar-refractivity contribution in [3.63, 3.8) is 0 Å². The SMILES string of the molecule is C1=CC2c3ccccc3OC2C(c2nc(-c3ccc(-c4cccc5ccccc45)cc3)nc(-c3cccc(-c4cccc5oc6cc(-c7cccc8oc9ccccc9c78)ccc6c45)c3)n2)=C1. The molecule has 0 radical (unpaired) electrons. The van der Waals surface area contributed by atoms with E-state index in [1.807, 2.05) is 36.4 Å². The number of nitrogens with zero attached hydrogens (tertiary/aromatic N) is 3. The Morgan fingerprint density at radius 3 is 1.82 bits per heavy atom. The standard InChI is InChI=1S/C61H37N3O3/c1-2-16-42-36(12-1)13-8-19-43(42)37-28-30-38(31-29-37)59-62-60(64-61(63-59)50-23-9-22-47-46-17-3-5-24-51(46)67-58(47)50)41-15-7-14-39(34-41)44-20-10-27-54-57(44)49-33-32-40(35-55(49)66-54)45-21-11-26-53-56(45)48-18-4-6-25-52(48)65-53/h1-35,47,58H. The lowest BCUT2D eigenvalue weighted by Crippen LogP contribution is -2.23. The highest BCUT2D eigenvalue weighted by Gasteiger charge is 2.38. The molecular weight excluding hydrogens is 823 g/mol. The first kappa shape index (κ1) is 37.5. The van der Waals surface area contributed by atoms with Gasteiger partial charge >= 0.3 is 0 Å². The summed E-state index contributed by atoms with van der Waals surface area (Å²) in [5.41, 5.74) is 13.8. The molecule has 2 unspecified atom stereocenters. The zero-order valence-corrected chi connectivity index (χ0v) is 35.9. The van der Waals surface area contributed by atoms with Gasteiger partial charge in [-0.25, -0.2) is 15.0 Å². The van der Waals surface area contributed by atoms with E-state index < -0.39 is 0 Å². The van der Waals surface area contributed by atoms with Crippen molar-refractivity contribution in [2.75, 3.05) is 0 Å². The van der Waals surface area contributed by atoms with Crippen molar-refractivity contribution in [3.05, 3.63) is 224 Å². The highest BCUT2D eigenvalue weighted by Crippen LogP contribution is 2.46. The summed E-state index contributed by atoms with van der Waals surface area (Å²) < 4.78 is 19.5. The molecule has 2 atom stereocenters. The number of benzene rings is 9. The highest BCUT2D eigenvalue weighted by molar-refractivity contribution is 6.16. The minimum Gasteiger partial charge on any atom is -0.484 e. The predicted molar refractivity (Wildman–Crippen MR) is 270 cm³/mol. The lowest BCUT2D eigenvalue weighted by Gasteiger charge is -2.22. The Kier molecular flexibility index (Phi) is 8.31. The summed E-state index contributed by atoms with van der Waals surface area (Å²) >= 11 is 0. The summed E-state index contributed by atoms with van der Waals surface area (Å²) in [6.07, 6.45) is 6.14. The fraction of sp³-hybridized carbons (Fsp3) is 0.0328. The van der Waals surface area contributed by atoms with Gasteiger partial charge in [-0.15, -0.1) is 0 Å². The van der Waals surface area contributed by atoms with E-state index in [-0.39, 0.29) is 12.0 Å². The maximum absolute atomic E-state index is 6.66. The summed E-state index contributed by atoms with van der Waals surface area (Å²) in [6, 6.07) is 67.5. The first-order chi connectivity index (χ1) is 33.2. The van der Waals surface area contributed by atoms with E-state index >= 15 is 0 Å². The minimum absolute atomic E-state index is 0.0590. The average Bonchev–Trinajstić information content (AvgIpc) is 4.10. The molecule has 6 heteroatoms. The summed E-state index contributed by atoms with van der Waals surface area (Å²) in [5, 5.41) is 6.73.